The van der Waals surface area contributed by atoms with E-state index in [2.05, 4.69) is 67.6 Å². The molecule has 0 N–H and O–H groups in total. The van der Waals surface area contributed by atoms with Crippen molar-refractivity contribution in [3.8, 4) is 11.3 Å². The molecule has 1 nitrogen and oxygen atoms in total. The lowest BCUT2D eigenvalue weighted by molar-refractivity contribution is 0.772. The van der Waals surface area contributed by atoms with Crippen LogP contribution in [0.15, 0.2) is 60.7 Å². The molecule has 4 rings (SSSR count). The van der Waals surface area contributed by atoms with Crippen LogP contribution in [0, 0.1) is 0 Å². The average Bonchev–Trinajstić information content (AvgIpc) is 2.63. The summed E-state index contributed by atoms with van der Waals surface area (Å²) in [5, 5.41) is 1.19. The molecule has 116 valence electrons. The fraction of sp³-hybridized carbons (Fsp3) is 0.227. The molecule has 0 amide bonds. The Morgan fingerprint density at radius 2 is 1.74 bits per heavy atom. The minimum Gasteiger partial charge on any atom is -0.248 e. The van der Waals surface area contributed by atoms with Crippen molar-refractivity contribution < 1.29 is 0 Å². The van der Waals surface area contributed by atoms with Gasteiger partial charge in [-0.2, -0.15) is 0 Å². The number of rotatable bonds is 1. The van der Waals surface area contributed by atoms with Crippen molar-refractivity contribution in [1.29, 1.82) is 0 Å². The molecule has 1 aromatic heterocycles. The quantitative estimate of drug-likeness (QED) is 0.503. The summed E-state index contributed by atoms with van der Waals surface area (Å²) in [5.74, 6) is 0.588. The van der Waals surface area contributed by atoms with E-state index in [0.29, 0.717) is 5.92 Å². The van der Waals surface area contributed by atoms with Gasteiger partial charge in [-0.3, -0.25) is 0 Å². The molecule has 0 saturated heterocycles. The first kappa shape index (κ1) is 15.5. The van der Waals surface area contributed by atoms with E-state index >= 15 is 0 Å². The van der Waals surface area contributed by atoms with Crippen LogP contribution in [0.2, 0.25) is 0 Å². The highest BCUT2D eigenvalue weighted by Gasteiger charge is 2.16. The number of nitrogens with zero attached hydrogens (tertiary/aromatic N) is 1. The molecule has 0 fully saturated rings. The second-order valence-corrected chi connectivity index (χ2v) is 5.74. The highest BCUT2D eigenvalue weighted by atomic mass is 14.7. The molecule has 1 aliphatic rings. The molecule has 0 radical (unpaired) electrons. The first-order valence-corrected chi connectivity index (χ1v) is 8.48. The van der Waals surface area contributed by atoms with Gasteiger partial charge in [0.05, 0.1) is 11.2 Å². The summed E-state index contributed by atoms with van der Waals surface area (Å²) in [5.41, 5.74) is 6.12. The Labute approximate surface area is 138 Å². The monoisotopic (exact) mass is 301 g/mol. The maximum atomic E-state index is 4.84. The summed E-state index contributed by atoms with van der Waals surface area (Å²) in [6.45, 7) is 6.29. The maximum absolute atomic E-state index is 4.84. The minimum atomic E-state index is 0.588. The highest BCUT2D eigenvalue weighted by Crippen LogP contribution is 2.35. The molecule has 0 aliphatic heterocycles. The largest absolute Gasteiger partial charge is 0.248 e. The van der Waals surface area contributed by atoms with Gasteiger partial charge in [0.15, 0.2) is 0 Å². The Balaban J connectivity index is 0.000000753. The number of fused-ring (bicyclic) bond motifs is 2. The summed E-state index contributed by atoms with van der Waals surface area (Å²) in [4.78, 5) is 4.84. The first-order chi connectivity index (χ1) is 11.3. The summed E-state index contributed by atoms with van der Waals surface area (Å²) in [6.07, 6.45) is 5.65. The number of benzene rings is 2. The third kappa shape index (κ3) is 2.92. The molecular formula is C22H23N. The lowest BCUT2D eigenvalue weighted by atomic mass is 9.85. The number of hydrogen-bond donors (Lipinski definition) is 0. The SMILES string of the molecule is CC.CC1CC=Cc2c(-c3ccc4ccccc4n3)cccc21. The number of para-hydroxylation sites is 1. The van der Waals surface area contributed by atoms with Gasteiger partial charge in [-0.15, -0.1) is 0 Å². The smallest absolute Gasteiger partial charge is 0.0715 e. The van der Waals surface area contributed by atoms with Gasteiger partial charge in [-0.1, -0.05) is 75.4 Å². The highest BCUT2D eigenvalue weighted by molar-refractivity contribution is 5.84. The fourth-order valence-corrected chi connectivity index (χ4v) is 3.16. The first-order valence-electron chi connectivity index (χ1n) is 8.48. The van der Waals surface area contributed by atoms with Gasteiger partial charge >= 0.3 is 0 Å². The molecule has 1 aliphatic carbocycles. The Bertz CT molecular complexity index is 845. The van der Waals surface area contributed by atoms with Crippen LogP contribution in [-0.4, -0.2) is 4.98 Å². The van der Waals surface area contributed by atoms with Gasteiger partial charge in [0.25, 0.3) is 0 Å². The molecule has 3 aromatic rings. The van der Waals surface area contributed by atoms with E-state index in [0.717, 1.165) is 17.6 Å². The van der Waals surface area contributed by atoms with Gasteiger partial charge in [0.1, 0.15) is 0 Å². The van der Waals surface area contributed by atoms with Crippen molar-refractivity contribution in [3.05, 3.63) is 71.8 Å². The van der Waals surface area contributed by atoms with Crippen LogP contribution in [0.3, 0.4) is 0 Å². The normalized spacial score (nSPS) is 15.7. The summed E-state index contributed by atoms with van der Waals surface area (Å²) >= 11 is 0. The molecule has 0 spiro atoms. The third-order valence-corrected chi connectivity index (χ3v) is 4.32. The van der Waals surface area contributed by atoms with Crippen molar-refractivity contribution in [2.75, 3.05) is 0 Å². The van der Waals surface area contributed by atoms with Crippen LogP contribution in [0.5, 0.6) is 0 Å². The summed E-state index contributed by atoms with van der Waals surface area (Å²) in [6, 6.07) is 19.1. The van der Waals surface area contributed by atoms with Crippen LogP contribution in [0.1, 0.15) is 44.2 Å². The van der Waals surface area contributed by atoms with Crippen LogP contribution in [0.4, 0.5) is 0 Å². The van der Waals surface area contributed by atoms with Crippen molar-refractivity contribution in [2.45, 2.75) is 33.1 Å². The van der Waals surface area contributed by atoms with Crippen molar-refractivity contribution in [3.63, 3.8) is 0 Å². The molecule has 0 saturated carbocycles. The van der Waals surface area contributed by atoms with E-state index in [9.17, 15) is 0 Å². The minimum absolute atomic E-state index is 0.588. The zero-order chi connectivity index (χ0) is 16.2. The number of pyridine rings is 1. The maximum Gasteiger partial charge on any atom is 0.0715 e. The van der Waals surface area contributed by atoms with Crippen molar-refractivity contribution in [2.24, 2.45) is 0 Å². The summed E-state index contributed by atoms with van der Waals surface area (Å²) in [7, 11) is 0. The predicted octanol–water partition coefficient (Wildman–Crippen LogP) is 6.45. The van der Waals surface area contributed by atoms with E-state index < -0.39 is 0 Å². The van der Waals surface area contributed by atoms with E-state index in [1.165, 1.54) is 22.1 Å². The second-order valence-electron chi connectivity index (χ2n) is 5.74. The molecule has 1 heteroatoms. The van der Waals surface area contributed by atoms with Crippen molar-refractivity contribution in [1.82, 2.24) is 4.98 Å². The fourth-order valence-electron chi connectivity index (χ4n) is 3.16. The van der Waals surface area contributed by atoms with Crippen LogP contribution >= 0.6 is 0 Å². The Kier molecular flexibility index (Phi) is 4.57. The lowest BCUT2D eigenvalue weighted by Crippen LogP contribution is -2.01. The van der Waals surface area contributed by atoms with Gasteiger partial charge in [0, 0.05) is 10.9 Å². The number of hydrogen-bond acceptors (Lipinski definition) is 1. The molecular weight excluding hydrogens is 278 g/mol. The van der Waals surface area contributed by atoms with E-state index in [-0.39, 0.29) is 0 Å². The number of aromatic nitrogens is 1. The molecule has 2 aromatic carbocycles. The molecule has 0 bridgehead atoms. The molecule has 1 heterocycles. The van der Waals surface area contributed by atoms with Crippen LogP contribution < -0.4 is 0 Å². The van der Waals surface area contributed by atoms with E-state index in [1.54, 1.807) is 0 Å². The standard InChI is InChI=1S/C20H17N.C2H6/c1-14-6-4-9-17-16(14)8-5-10-18(17)20-13-12-15-7-2-3-11-19(15)21-20;1-2/h2-5,7-14H,6H2,1H3;1-2H3. The lowest BCUT2D eigenvalue weighted by Gasteiger charge is -2.20. The molecule has 23 heavy (non-hydrogen) atoms. The Morgan fingerprint density at radius 1 is 0.913 bits per heavy atom. The van der Waals surface area contributed by atoms with E-state index in [1.807, 2.05) is 19.9 Å². The Morgan fingerprint density at radius 3 is 2.61 bits per heavy atom. The van der Waals surface area contributed by atoms with Crippen LogP contribution in [-0.2, 0) is 0 Å². The Hall–Kier alpha value is -2.41. The summed E-state index contributed by atoms with van der Waals surface area (Å²) < 4.78 is 0. The van der Waals surface area contributed by atoms with Gasteiger partial charge in [0.2, 0.25) is 0 Å². The number of allylic oxidation sites excluding steroid dienone is 1. The second kappa shape index (κ2) is 6.78. The van der Waals surface area contributed by atoms with Gasteiger partial charge in [-0.25, -0.2) is 4.98 Å². The van der Waals surface area contributed by atoms with Gasteiger partial charge < -0.3 is 0 Å². The zero-order valence-electron chi connectivity index (χ0n) is 14.1. The molecule has 1 unspecified atom stereocenters. The topological polar surface area (TPSA) is 12.9 Å². The zero-order valence-corrected chi connectivity index (χ0v) is 14.1. The average molecular weight is 301 g/mol. The van der Waals surface area contributed by atoms with Crippen molar-refractivity contribution >= 4 is 17.0 Å². The van der Waals surface area contributed by atoms with Crippen LogP contribution in [0.25, 0.3) is 28.2 Å². The predicted molar refractivity (Wildman–Crippen MR) is 101 cm³/mol. The van der Waals surface area contributed by atoms with E-state index in [4.69, 9.17) is 4.98 Å². The molecule has 1 atom stereocenters. The third-order valence-electron chi connectivity index (χ3n) is 4.32. The van der Waals surface area contributed by atoms with Gasteiger partial charge in [-0.05, 0) is 35.6 Å².